The highest BCUT2D eigenvalue weighted by Gasteiger charge is 2.17. The van der Waals surface area contributed by atoms with E-state index in [4.69, 9.17) is 11.6 Å². The molecule has 1 unspecified atom stereocenters. The summed E-state index contributed by atoms with van der Waals surface area (Å²) in [5, 5.41) is 1.26. The van der Waals surface area contributed by atoms with Crippen LogP contribution in [0.15, 0.2) is 35.1 Å². The van der Waals surface area contributed by atoms with Gasteiger partial charge in [-0.3, -0.25) is 9.36 Å². The molecule has 5 heteroatoms. The van der Waals surface area contributed by atoms with Gasteiger partial charge in [-0.2, -0.15) is 0 Å². The molecule has 2 aromatic heterocycles. The first-order chi connectivity index (χ1) is 10.5. The number of benzene rings is 1. The number of H-pyrrole nitrogens is 1. The predicted octanol–water partition coefficient (Wildman–Crippen LogP) is 4.32. The first-order valence-electron chi connectivity index (χ1n) is 7.39. The normalized spacial score (nSPS) is 12.7. The molecule has 2 heterocycles. The fourth-order valence-corrected chi connectivity index (χ4v) is 2.82. The van der Waals surface area contributed by atoms with Gasteiger partial charge in [0, 0.05) is 22.3 Å². The van der Waals surface area contributed by atoms with E-state index in [1.165, 1.54) is 0 Å². The van der Waals surface area contributed by atoms with Crippen molar-refractivity contribution in [1.29, 1.82) is 0 Å². The molecular weight excluding hydrogens is 298 g/mol. The van der Waals surface area contributed by atoms with Crippen LogP contribution < -0.4 is 5.56 Å². The zero-order valence-corrected chi connectivity index (χ0v) is 13.6. The number of nitrogens with zero attached hydrogens (tertiary/aromatic N) is 2. The van der Waals surface area contributed by atoms with Crippen molar-refractivity contribution in [2.45, 2.75) is 33.2 Å². The van der Waals surface area contributed by atoms with Gasteiger partial charge in [0.25, 0.3) is 5.56 Å². The zero-order valence-electron chi connectivity index (χ0n) is 12.9. The van der Waals surface area contributed by atoms with Gasteiger partial charge in [0.1, 0.15) is 11.5 Å². The molecule has 0 aliphatic heterocycles. The van der Waals surface area contributed by atoms with Gasteiger partial charge in [0.15, 0.2) is 0 Å². The highest BCUT2D eigenvalue weighted by atomic mass is 35.5. The lowest BCUT2D eigenvalue weighted by atomic mass is 10.1. The summed E-state index contributed by atoms with van der Waals surface area (Å²) in [4.78, 5) is 20.7. The molecule has 0 fully saturated rings. The van der Waals surface area contributed by atoms with Crippen LogP contribution in [0.25, 0.3) is 22.4 Å². The molecule has 1 atom stereocenters. The van der Waals surface area contributed by atoms with Crippen LogP contribution >= 0.6 is 11.6 Å². The Labute approximate surface area is 133 Å². The van der Waals surface area contributed by atoms with E-state index in [1.54, 1.807) is 4.57 Å². The lowest BCUT2D eigenvalue weighted by Crippen LogP contribution is -2.25. The minimum Gasteiger partial charge on any atom is -0.343 e. The summed E-state index contributed by atoms with van der Waals surface area (Å²) in [6.07, 6.45) is 0.851. The Kier molecular flexibility index (Phi) is 3.79. The van der Waals surface area contributed by atoms with Gasteiger partial charge in [-0.15, -0.1) is 0 Å². The van der Waals surface area contributed by atoms with Crippen molar-refractivity contribution >= 4 is 22.6 Å². The van der Waals surface area contributed by atoms with Gasteiger partial charge in [-0.25, -0.2) is 4.98 Å². The zero-order chi connectivity index (χ0) is 15.9. The Bertz CT molecular complexity index is 895. The number of halogens is 1. The Morgan fingerprint density at radius 3 is 2.82 bits per heavy atom. The van der Waals surface area contributed by atoms with Crippen LogP contribution in [0.5, 0.6) is 0 Å². The van der Waals surface area contributed by atoms with Crippen molar-refractivity contribution in [2.75, 3.05) is 0 Å². The van der Waals surface area contributed by atoms with Crippen molar-refractivity contribution in [3.63, 3.8) is 0 Å². The molecule has 4 nitrogen and oxygen atoms in total. The third-order valence-corrected chi connectivity index (χ3v) is 4.18. The molecular formula is C17H18ClN3O. The highest BCUT2D eigenvalue weighted by Crippen LogP contribution is 2.25. The number of nitrogens with one attached hydrogen (secondary N) is 1. The number of hydrogen-bond donors (Lipinski definition) is 1. The second-order valence-electron chi connectivity index (χ2n) is 5.59. The molecule has 0 aliphatic rings. The third kappa shape index (κ3) is 2.44. The summed E-state index contributed by atoms with van der Waals surface area (Å²) in [6, 6.07) is 9.36. The molecule has 0 bridgehead atoms. The second-order valence-corrected chi connectivity index (χ2v) is 6.03. The quantitative estimate of drug-likeness (QED) is 0.782. The number of aromatic nitrogens is 3. The number of aromatic amines is 1. The van der Waals surface area contributed by atoms with E-state index in [0.717, 1.165) is 17.7 Å². The number of rotatable bonds is 3. The van der Waals surface area contributed by atoms with Crippen molar-refractivity contribution in [3.05, 3.63) is 51.4 Å². The topological polar surface area (TPSA) is 50.7 Å². The minimum absolute atomic E-state index is 0.0151. The monoisotopic (exact) mass is 315 g/mol. The number of aryl methyl sites for hydroxylation is 1. The molecule has 0 aliphatic carbocycles. The van der Waals surface area contributed by atoms with Crippen LogP contribution in [0, 0.1) is 6.92 Å². The smallest absolute Gasteiger partial charge is 0.263 e. The van der Waals surface area contributed by atoms with E-state index in [2.05, 4.69) is 16.9 Å². The van der Waals surface area contributed by atoms with E-state index in [1.807, 2.05) is 44.2 Å². The van der Waals surface area contributed by atoms with Gasteiger partial charge in [-0.05, 0) is 38.5 Å². The Morgan fingerprint density at radius 1 is 1.36 bits per heavy atom. The van der Waals surface area contributed by atoms with Gasteiger partial charge in [0.2, 0.25) is 0 Å². The first kappa shape index (κ1) is 14.9. The molecule has 22 heavy (non-hydrogen) atoms. The molecule has 114 valence electrons. The van der Waals surface area contributed by atoms with Crippen molar-refractivity contribution in [3.8, 4) is 11.4 Å². The van der Waals surface area contributed by atoms with Crippen LogP contribution in [-0.4, -0.2) is 14.5 Å². The van der Waals surface area contributed by atoms with Gasteiger partial charge in [0.05, 0.1) is 5.39 Å². The van der Waals surface area contributed by atoms with Crippen molar-refractivity contribution in [1.82, 2.24) is 14.5 Å². The lowest BCUT2D eigenvalue weighted by molar-refractivity contribution is 0.517. The van der Waals surface area contributed by atoms with Crippen LogP contribution in [0.2, 0.25) is 5.02 Å². The van der Waals surface area contributed by atoms with Gasteiger partial charge >= 0.3 is 0 Å². The highest BCUT2D eigenvalue weighted by molar-refractivity contribution is 6.30. The van der Waals surface area contributed by atoms with Crippen LogP contribution in [0.1, 0.15) is 32.0 Å². The maximum absolute atomic E-state index is 12.9. The summed E-state index contributed by atoms with van der Waals surface area (Å²) >= 11 is 6.10. The van der Waals surface area contributed by atoms with E-state index in [-0.39, 0.29) is 11.6 Å². The fraction of sp³-hybridized carbons (Fsp3) is 0.294. The van der Waals surface area contributed by atoms with E-state index in [0.29, 0.717) is 21.9 Å². The average Bonchev–Trinajstić information content (AvgIpc) is 2.87. The number of fused-ring (bicyclic) bond motifs is 1. The van der Waals surface area contributed by atoms with Gasteiger partial charge in [-0.1, -0.05) is 30.7 Å². The summed E-state index contributed by atoms with van der Waals surface area (Å²) < 4.78 is 1.77. The summed E-state index contributed by atoms with van der Waals surface area (Å²) in [5.41, 5.74) is 2.38. The van der Waals surface area contributed by atoms with Crippen LogP contribution in [0.3, 0.4) is 0 Å². The SMILES string of the molecule is CCC(C)n1c(-c2cccc(Cl)c2)nc2[nH]c(C)cc2c1=O. The molecule has 0 saturated heterocycles. The Morgan fingerprint density at radius 2 is 2.14 bits per heavy atom. The molecule has 0 amide bonds. The van der Waals surface area contributed by atoms with Gasteiger partial charge < -0.3 is 4.98 Å². The molecule has 0 saturated carbocycles. The standard InChI is InChI=1S/C17H18ClN3O/c1-4-11(3)21-16(12-6-5-7-13(18)9-12)20-15-14(17(21)22)8-10(2)19-15/h5-9,11,19H,4H2,1-3H3. The van der Waals surface area contributed by atoms with Crippen molar-refractivity contribution < 1.29 is 0 Å². The van der Waals surface area contributed by atoms with Crippen LogP contribution in [-0.2, 0) is 0 Å². The Hall–Kier alpha value is -2.07. The predicted molar refractivity (Wildman–Crippen MR) is 90.5 cm³/mol. The second kappa shape index (κ2) is 5.61. The first-order valence-corrected chi connectivity index (χ1v) is 7.77. The Balaban J connectivity index is 2.38. The lowest BCUT2D eigenvalue weighted by Gasteiger charge is -2.18. The van der Waals surface area contributed by atoms with Crippen molar-refractivity contribution in [2.24, 2.45) is 0 Å². The van der Waals surface area contributed by atoms with Crippen LogP contribution in [0.4, 0.5) is 0 Å². The summed E-state index contributed by atoms with van der Waals surface area (Å²) in [5.74, 6) is 0.649. The third-order valence-electron chi connectivity index (χ3n) is 3.94. The fourth-order valence-electron chi connectivity index (χ4n) is 2.63. The molecule has 0 spiro atoms. The minimum atomic E-state index is -0.0151. The average molecular weight is 316 g/mol. The summed E-state index contributed by atoms with van der Waals surface area (Å²) in [6.45, 7) is 6.02. The maximum Gasteiger partial charge on any atom is 0.263 e. The van der Waals surface area contributed by atoms with E-state index in [9.17, 15) is 4.79 Å². The van der Waals surface area contributed by atoms with E-state index < -0.39 is 0 Å². The van der Waals surface area contributed by atoms with E-state index >= 15 is 0 Å². The summed E-state index contributed by atoms with van der Waals surface area (Å²) in [7, 11) is 0. The molecule has 3 rings (SSSR count). The molecule has 1 aromatic carbocycles. The molecule has 1 N–H and O–H groups in total. The maximum atomic E-state index is 12.9. The molecule has 0 radical (unpaired) electrons. The number of hydrogen-bond acceptors (Lipinski definition) is 2. The molecule has 3 aromatic rings. The largest absolute Gasteiger partial charge is 0.343 e.